The van der Waals surface area contributed by atoms with Crippen molar-refractivity contribution in [3.63, 3.8) is 0 Å². The SMILES string of the molecule is CCCC(=O)NCCNC(=O)c1ccc(C)c(F)c1. The fourth-order valence-corrected chi connectivity index (χ4v) is 1.53. The minimum absolute atomic E-state index is 0.0295. The Balaban J connectivity index is 2.35. The van der Waals surface area contributed by atoms with Crippen molar-refractivity contribution in [2.45, 2.75) is 26.7 Å². The van der Waals surface area contributed by atoms with Gasteiger partial charge < -0.3 is 10.6 Å². The summed E-state index contributed by atoms with van der Waals surface area (Å²) in [7, 11) is 0. The standard InChI is InChI=1S/C14H19FN2O2/c1-3-4-13(18)16-7-8-17-14(19)11-6-5-10(2)12(15)9-11/h5-6,9H,3-4,7-8H2,1-2H3,(H,16,18)(H,17,19). The summed E-state index contributed by atoms with van der Waals surface area (Å²) in [6.45, 7) is 4.26. The molecular weight excluding hydrogens is 247 g/mol. The molecule has 0 aliphatic rings. The molecule has 0 atom stereocenters. The van der Waals surface area contributed by atoms with E-state index in [-0.39, 0.29) is 17.4 Å². The van der Waals surface area contributed by atoms with Crippen molar-refractivity contribution in [2.75, 3.05) is 13.1 Å². The summed E-state index contributed by atoms with van der Waals surface area (Å²) in [5, 5.41) is 5.31. The summed E-state index contributed by atoms with van der Waals surface area (Å²) in [5.74, 6) is -0.773. The lowest BCUT2D eigenvalue weighted by atomic mass is 10.1. The van der Waals surface area contributed by atoms with E-state index in [4.69, 9.17) is 0 Å². The van der Waals surface area contributed by atoms with Gasteiger partial charge in [0.05, 0.1) is 0 Å². The van der Waals surface area contributed by atoms with Crippen LogP contribution in [0.15, 0.2) is 18.2 Å². The molecule has 0 spiro atoms. The van der Waals surface area contributed by atoms with Gasteiger partial charge in [0.25, 0.3) is 5.91 Å². The molecular formula is C14H19FN2O2. The van der Waals surface area contributed by atoms with E-state index < -0.39 is 5.82 Å². The second-order valence-electron chi connectivity index (χ2n) is 4.32. The number of rotatable bonds is 6. The molecule has 0 heterocycles. The third-order valence-corrected chi connectivity index (χ3v) is 2.64. The molecule has 104 valence electrons. The Bertz CT molecular complexity index is 461. The number of nitrogens with one attached hydrogen (secondary N) is 2. The number of aryl methyl sites for hydroxylation is 1. The van der Waals surface area contributed by atoms with E-state index in [1.807, 2.05) is 6.92 Å². The molecule has 0 aliphatic heterocycles. The lowest BCUT2D eigenvalue weighted by molar-refractivity contribution is -0.121. The first kappa shape index (κ1) is 15.1. The zero-order chi connectivity index (χ0) is 14.3. The molecule has 2 N–H and O–H groups in total. The van der Waals surface area contributed by atoms with Crippen LogP contribution in [0.3, 0.4) is 0 Å². The molecule has 4 nitrogen and oxygen atoms in total. The summed E-state index contributed by atoms with van der Waals surface area (Å²) in [5.41, 5.74) is 0.784. The van der Waals surface area contributed by atoms with Crippen molar-refractivity contribution in [3.05, 3.63) is 35.1 Å². The minimum Gasteiger partial charge on any atom is -0.354 e. The first-order valence-corrected chi connectivity index (χ1v) is 6.35. The highest BCUT2D eigenvalue weighted by atomic mass is 19.1. The normalized spacial score (nSPS) is 10.1. The van der Waals surface area contributed by atoms with Gasteiger partial charge in [0.1, 0.15) is 5.82 Å². The van der Waals surface area contributed by atoms with Gasteiger partial charge in [-0.25, -0.2) is 4.39 Å². The molecule has 0 saturated heterocycles. The smallest absolute Gasteiger partial charge is 0.251 e. The molecule has 0 fully saturated rings. The average molecular weight is 266 g/mol. The maximum Gasteiger partial charge on any atom is 0.251 e. The first-order chi connectivity index (χ1) is 9.04. The maximum atomic E-state index is 13.3. The lowest BCUT2D eigenvalue weighted by Crippen LogP contribution is -2.34. The highest BCUT2D eigenvalue weighted by Gasteiger charge is 2.07. The predicted molar refractivity (Wildman–Crippen MR) is 71.4 cm³/mol. The van der Waals surface area contributed by atoms with Crippen LogP contribution in [-0.2, 0) is 4.79 Å². The van der Waals surface area contributed by atoms with Gasteiger partial charge in [-0.2, -0.15) is 0 Å². The quantitative estimate of drug-likeness (QED) is 0.771. The number of hydrogen-bond acceptors (Lipinski definition) is 2. The van der Waals surface area contributed by atoms with Crippen molar-refractivity contribution in [1.29, 1.82) is 0 Å². The van der Waals surface area contributed by atoms with Gasteiger partial charge in [0, 0.05) is 25.1 Å². The number of hydrogen-bond donors (Lipinski definition) is 2. The Kier molecular flexibility index (Phi) is 5.99. The summed E-state index contributed by atoms with van der Waals surface area (Å²) in [6, 6.07) is 4.34. The zero-order valence-corrected chi connectivity index (χ0v) is 11.3. The Hall–Kier alpha value is -1.91. The van der Waals surface area contributed by atoms with Crippen LogP contribution in [0.25, 0.3) is 0 Å². The molecule has 2 amide bonds. The van der Waals surface area contributed by atoms with Crippen LogP contribution in [-0.4, -0.2) is 24.9 Å². The summed E-state index contributed by atoms with van der Waals surface area (Å²) >= 11 is 0. The molecule has 0 radical (unpaired) electrons. The molecule has 0 aromatic heterocycles. The van der Waals surface area contributed by atoms with Gasteiger partial charge in [0.15, 0.2) is 0 Å². The van der Waals surface area contributed by atoms with Crippen molar-refractivity contribution < 1.29 is 14.0 Å². The highest BCUT2D eigenvalue weighted by molar-refractivity contribution is 5.94. The maximum absolute atomic E-state index is 13.3. The van der Waals surface area contributed by atoms with E-state index in [1.165, 1.54) is 6.07 Å². The van der Waals surface area contributed by atoms with Gasteiger partial charge in [0.2, 0.25) is 5.91 Å². The molecule has 1 aromatic carbocycles. The van der Waals surface area contributed by atoms with Gasteiger partial charge >= 0.3 is 0 Å². The average Bonchev–Trinajstić information content (AvgIpc) is 2.38. The molecule has 0 unspecified atom stereocenters. The third-order valence-electron chi connectivity index (χ3n) is 2.64. The summed E-state index contributed by atoms with van der Waals surface area (Å²) in [4.78, 5) is 22.9. The predicted octanol–water partition coefficient (Wildman–Crippen LogP) is 1.78. The second kappa shape index (κ2) is 7.51. The lowest BCUT2D eigenvalue weighted by Gasteiger charge is -2.07. The third kappa shape index (κ3) is 5.07. The van der Waals surface area contributed by atoms with Crippen LogP contribution in [0.1, 0.15) is 35.7 Å². The largest absolute Gasteiger partial charge is 0.354 e. The Morgan fingerprint density at radius 3 is 2.53 bits per heavy atom. The van der Waals surface area contributed by atoms with Crippen molar-refractivity contribution in [2.24, 2.45) is 0 Å². The number of carbonyl (C=O) groups excluding carboxylic acids is 2. The summed E-state index contributed by atoms with van der Waals surface area (Å²) < 4.78 is 13.3. The topological polar surface area (TPSA) is 58.2 Å². The van der Waals surface area contributed by atoms with Crippen LogP contribution in [0.2, 0.25) is 0 Å². The second-order valence-corrected chi connectivity index (χ2v) is 4.32. The molecule has 1 aromatic rings. The van der Waals surface area contributed by atoms with Crippen molar-refractivity contribution in [1.82, 2.24) is 10.6 Å². The Labute approximate surface area is 112 Å². The fourth-order valence-electron chi connectivity index (χ4n) is 1.53. The zero-order valence-electron chi connectivity index (χ0n) is 11.3. The molecule has 1 rings (SSSR count). The number of carbonyl (C=O) groups is 2. The van der Waals surface area contributed by atoms with Crippen LogP contribution < -0.4 is 10.6 Å². The van der Waals surface area contributed by atoms with E-state index in [2.05, 4.69) is 10.6 Å². The molecule has 0 bridgehead atoms. The number of amides is 2. The van der Waals surface area contributed by atoms with E-state index in [0.29, 0.717) is 25.1 Å². The van der Waals surface area contributed by atoms with E-state index in [9.17, 15) is 14.0 Å². The molecule has 0 aliphatic carbocycles. The summed E-state index contributed by atoms with van der Waals surface area (Å²) in [6.07, 6.45) is 1.28. The van der Waals surface area contributed by atoms with Crippen LogP contribution >= 0.6 is 0 Å². The minimum atomic E-state index is -0.399. The van der Waals surface area contributed by atoms with Gasteiger partial charge in [-0.3, -0.25) is 9.59 Å². The highest BCUT2D eigenvalue weighted by Crippen LogP contribution is 2.08. The Morgan fingerprint density at radius 2 is 1.89 bits per heavy atom. The Morgan fingerprint density at radius 1 is 1.21 bits per heavy atom. The molecule has 5 heteroatoms. The van der Waals surface area contributed by atoms with E-state index >= 15 is 0 Å². The van der Waals surface area contributed by atoms with Crippen LogP contribution in [0, 0.1) is 12.7 Å². The molecule has 0 saturated carbocycles. The van der Waals surface area contributed by atoms with Crippen LogP contribution in [0.4, 0.5) is 4.39 Å². The number of halogens is 1. The molecule has 19 heavy (non-hydrogen) atoms. The van der Waals surface area contributed by atoms with Crippen LogP contribution in [0.5, 0.6) is 0 Å². The monoisotopic (exact) mass is 266 g/mol. The first-order valence-electron chi connectivity index (χ1n) is 6.35. The van der Waals surface area contributed by atoms with E-state index in [0.717, 1.165) is 6.42 Å². The van der Waals surface area contributed by atoms with E-state index in [1.54, 1.807) is 19.1 Å². The van der Waals surface area contributed by atoms with Gasteiger partial charge in [-0.1, -0.05) is 13.0 Å². The number of benzene rings is 1. The van der Waals surface area contributed by atoms with Gasteiger partial charge in [-0.05, 0) is 31.0 Å². The van der Waals surface area contributed by atoms with Crippen molar-refractivity contribution in [3.8, 4) is 0 Å². The van der Waals surface area contributed by atoms with Gasteiger partial charge in [-0.15, -0.1) is 0 Å². The van der Waals surface area contributed by atoms with Crippen molar-refractivity contribution >= 4 is 11.8 Å². The fraction of sp³-hybridized carbons (Fsp3) is 0.429.